The van der Waals surface area contributed by atoms with Crippen LogP contribution in [0.3, 0.4) is 0 Å². The van der Waals surface area contributed by atoms with Crippen molar-refractivity contribution in [1.29, 1.82) is 0 Å². The summed E-state index contributed by atoms with van der Waals surface area (Å²) in [4.78, 5) is 0.228. The molecule has 0 unspecified atom stereocenters. The Morgan fingerprint density at radius 2 is 1.85 bits per heavy atom. The molecule has 20 heavy (non-hydrogen) atoms. The molecule has 0 aliphatic rings. The van der Waals surface area contributed by atoms with Gasteiger partial charge >= 0.3 is 0 Å². The molecule has 4 nitrogen and oxygen atoms in total. The van der Waals surface area contributed by atoms with Gasteiger partial charge in [-0.2, -0.15) is 0 Å². The lowest BCUT2D eigenvalue weighted by atomic mass is 10.0. The second kappa shape index (κ2) is 7.09. The van der Waals surface area contributed by atoms with Crippen molar-refractivity contribution < 1.29 is 13.2 Å². The fraction of sp³-hybridized carbons (Fsp3) is 0.600. The van der Waals surface area contributed by atoms with Crippen molar-refractivity contribution in [1.82, 2.24) is 4.72 Å². The average Bonchev–Trinajstić information content (AvgIpc) is 2.38. The van der Waals surface area contributed by atoms with E-state index in [1.165, 1.54) is 0 Å². The first-order valence-electron chi connectivity index (χ1n) is 7.10. The Morgan fingerprint density at radius 1 is 1.20 bits per heavy atom. The van der Waals surface area contributed by atoms with E-state index in [0.29, 0.717) is 12.4 Å². The number of benzene rings is 1. The van der Waals surface area contributed by atoms with E-state index in [4.69, 9.17) is 4.74 Å². The van der Waals surface area contributed by atoms with E-state index in [1.54, 1.807) is 12.1 Å². The Labute approximate surface area is 122 Å². The van der Waals surface area contributed by atoms with Crippen LogP contribution in [0.25, 0.3) is 0 Å². The second-order valence-electron chi connectivity index (χ2n) is 5.22. The van der Waals surface area contributed by atoms with Crippen molar-refractivity contribution in [2.24, 2.45) is 0 Å². The lowest BCUT2D eigenvalue weighted by molar-refractivity contribution is 0.330. The van der Waals surface area contributed by atoms with Crippen molar-refractivity contribution in [3.8, 4) is 5.75 Å². The van der Waals surface area contributed by atoms with E-state index in [2.05, 4.69) is 4.72 Å². The van der Waals surface area contributed by atoms with Crippen LogP contribution in [0.1, 0.15) is 52.5 Å². The highest BCUT2D eigenvalue weighted by Gasteiger charge is 2.22. The summed E-state index contributed by atoms with van der Waals surface area (Å²) in [5, 5.41) is 0. The second-order valence-corrected chi connectivity index (χ2v) is 6.91. The summed E-state index contributed by atoms with van der Waals surface area (Å²) in [5.74, 6) is 0.677. The van der Waals surface area contributed by atoms with E-state index >= 15 is 0 Å². The minimum absolute atomic E-state index is 0.0998. The van der Waals surface area contributed by atoms with Crippen LogP contribution in [0.5, 0.6) is 5.75 Å². The van der Waals surface area contributed by atoms with Gasteiger partial charge in [0.05, 0.1) is 6.61 Å². The maximum absolute atomic E-state index is 12.5. The van der Waals surface area contributed by atoms with Crippen molar-refractivity contribution in [2.75, 3.05) is 6.61 Å². The van der Waals surface area contributed by atoms with Gasteiger partial charge in [0, 0.05) is 6.04 Å². The van der Waals surface area contributed by atoms with Crippen LogP contribution in [-0.2, 0) is 10.0 Å². The van der Waals surface area contributed by atoms with Gasteiger partial charge in [0.25, 0.3) is 0 Å². The Kier molecular flexibility index (Phi) is 6.02. The Balaban J connectivity index is 3.27. The highest BCUT2D eigenvalue weighted by Crippen LogP contribution is 2.28. The molecule has 0 aromatic heterocycles. The van der Waals surface area contributed by atoms with Gasteiger partial charge in [0.15, 0.2) is 0 Å². The maximum Gasteiger partial charge on any atom is 0.244 e. The monoisotopic (exact) mass is 299 g/mol. The minimum Gasteiger partial charge on any atom is -0.492 e. The van der Waals surface area contributed by atoms with Crippen LogP contribution in [0.2, 0.25) is 0 Å². The van der Waals surface area contributed by atoms with Gasteiger partial charge in [-0.15, -0.1) is 0 Å². The van der Waals surface area contributed by atoms with Gasteiger partial charge in [0.2, 0.25) is 10.0 Å². The largest absolute Gasteiger partial charge is 0.492 e. The van der Waals surface area contributed by atoms with Gasteiger partial charge in [-0.3, -0.25) is 0 Å². The predicted molar refractivity (Wildman–Crippen MR) is 81.8 cm³/mol. The molecule has 1 N–H and O–H groups in total. The molecule has 1 atom stereocenters. The number of sulfonamides is 1. The van der Waals surface area contributed by atoms with E-state index in [0.717, 1.165) is 12.0 Å². The summed E-state index contributed by atoms with van der Waals surface area (Å²) in [7, 11) is -3.56. The molecule has 1 aromatic rings. The molecule has 1 aromatic carbocycles. The summed E-state index contributed by atoms with van der Waals surface area (Å²) in [5.41, 5.74) is 0.984. The van der Waals surface area contributed by atoms with Crippen LogP contribution in [-0.4, -0.2) is 21.1 Å². The Bertz CT molecular complexity index is 538. The fourth-order valence-electron chi connectivity index (χ4n) is 1.78. The van der Waals surface area contributed by atoms with Crippen LogP contribution in [0.15, 0.2) is 23.1 Å². The van der Waals surface area contributed by atoms with Gasteiger partial charge in [-0.1, -0.05) is 26.8 Å². The van der Waals surface area contributed by atoms with E-state index in [9.17, 15) is 8.42 Å². The highest BCUT2D eigenvalue weighted by molar-refractivity contribution is 7.89. The van der Waals surface area contributed by atoms with Crippen LogP contribution in [0.4, 0.5) is 0 Å². The first-order chi connectivity index (χ1) is 9.31. The summed E-state index contributed by atoms with van der Waals surface area (Å²) in [6.07, 6.45) is 0.743. The number of ether oxygens (including phenoxy) is 1. The normalized spacial score (nSPS) is 13.5. The number of hydrogen-bond donors (Lipinski definition) is 1. The molecule has 0 aliphatic heterocycles. The zero-order chi connectivity index (χ0) is 15.3. The lowest BCUT2D eigenvalue weighted by Crippen LogP contribution is -2.32. The lowest BCUT2D eigenvalue weighted by Gasteiger charge is -2.17. The van der Waals surface area contributed by atoms with Crippen molar-refractivity contribution in [2.45, 2.75) is 57.9 Å². The minimum atomic E-state index is -3.56. The number of nitrogens with one attached hydrogen (secondary N) is 1. The molecule has 1 rings (SSSR count). The van der Waals surface area contributed by atoms with Gasteiger partial charge in [-0.25, -0.2) is 13.1 Å². The summed E-state index contributed by atoms with van der Waals surface area (Å²) < 4.78 is 33.1. The molecular formula is C15H25NO3S. The van der Waals surface area contributed by atoms with E-state index in [-0.39, 0.29) is 16.9 Å². The SMILES string of the molecule is CCOc1ccc(C(C)C)cc1S(=O)(=O)N[C@@H](C)CC. The van der Waals surface area contributed by atoms with Crippen LogP contribution >= 0.6 is 0 Å². The predicted octanol–water partition coefficient (Wildman–Crippen LogP) is 3.29. The Hall–Kier alpha value is -1.07. The summed E-state index contributed by atoms with van der Waals surface area (Å²) in [6.45, 7) is 10.1. The van der Waals surface area contributed by atoms with E-state index < -0.39 is 10.0 Å². The average molecular weight is 299 g/mol. The zero-order valence-corrected chi connectivity index (χ0v) is 13.8. The Morgan fingerprint density at radius 3 is 2.35 bits per heavy atom. The molecule has 0 fully saturated rings. The standard InChI is InChI=1S/C15H25NO3S/c1-6-12(5)16-20(17,18)15-10-13(11(3)4)8-9-14(15)19-7-2/h8-12,16H,6-7H2,1-5H3/t12-/m0/s1. The molecule has 0 amide bonds. The fourth-order valence-corrected chi connectivity index (χ4v) is 3.29. The molecule has 0 heterocycles. The quantitative estimate of drug-likeness (QED) is 0.840. The van der Waals surface area contributed by atoms with Gasteiger partial charge in [0.1, 0.15) is 10.6 Å². The van der Waals surface area contributed by atoms with Crippen LogP contribution in [0, 0.1) is 0 Å². The van der Waals surface area contributed by atoms with Crippen molar-refractivity contribution in [3.63, 3.8) is 0 Å². The van der Waals surface area contributed by atoms with Gasteiger partial charge < -0.3 is 4.74 Å². The van der Waals surface area contributed by atoms with E-state index in [1.807, 2.05) is 40.7 Å². The molecule has 0 radical (unpaired) electrons. The zero-order valence-electron chi connectivity index (χ0n) is 12.9. The number of rotatable bonds is 7. The van der Waals surface area contributed by atoms with Crippen molar-refractivity contribution >= 4 is 10.0 Å². The molecule has 0 spiro atoms. The molecule has 0 aliphatic carbocycles. The number of hydrogen-bond acceptors (Lipinski definition) is 3. The maximum atomic E-state index is 12.5. The molecule has 114 valence electrons. The molecular weight excluding hydrogens is 274 g/mol. The third kappa shape index (κ3) is 4.21. The molecule has 0 bridgehead atoms. The smallest absolute Gasteiger partial charge is 0.244 e. The summed E-state index contributed by atoms with van der Waals surface area (Å²) in [6, 6.07) is 5.26. The molecule has 5 heteroatoms. The first kappa shape index (κ1) is 17.0. The third-order valence-corrected chi connectivity index (χ3v) is 4.80. The molecule has 0 saturated carbocycles. The third-order valence-electron chi connectivity index (χ3n) is 3.19. The van der Waals surface area contributed by atoms with Crippen molar-refractivity contribution in [3.05, 3.63) is 23.8 Å². The summed E-state index contributed by atoms with van der Waals surface area (Å²) >= 11 is 0. The highest BCUT2D eigenvalue weighted by atomic mass is 32.2. The van der Waals surface area contributed by atoms with Crippen LogP contribution < -0.4 is 9.46 Å². The topological polar surface area (TPSA) is 55.4 Å². The first-order valence-corrected chi connectivity index (χ1v) is 8.59. The van der Waals surface area contributed by atoms with Gasteiger partial charge in [-0.05, 0) is 43.9 Å². The molecule has 0 saturated heterocycles.